The van der Waals surface area contributed by atoms with E-state index in [0.29, 0.717) is 24.7 Å². The summed E-state index contributed by atoms with van der Waals surface area (Å²) in [6, 6.07) is 11.8. The first kappa shape index (κ1) is 24.2. The number of hydrogen-bond acceptors (Lipinski definition) is 6. The van der Waals surface area contributed by atoms with Crippen LogP contribution in [0.4, 0.5) is 11.4 Å². The molecule has 0 heterocycles. The van der Waals surface area contributed by atoms with Crippen LogP contribution in [0.25, 0.3) is 0 Å². The molecule has 0 unspecified atom stereocenters. The van der Waals surface area contributed by atoms with Crippen LogP contribution in [-0.4, -0.2) is 24.4 Å². The van der Waals surface area contributed by atoms with Crippen molar-refractivity contribution < 1.29 is 14.4 Å². The molecule has 0 saturated heterocycles. The lowest BCUT2D eigenvalue weighted by atomic mass is 10.1. The lowest BCUT2D eigenvalue weighted by Gasteiger charge is -2.12. The van der Waals surface area contributed by atoms with E-state index in [-0.39, 0.29) is 5.69 Å². The predicted molar refractivity (Wildman–Crippen MR) is 125 cm³/mol. The molecule has 2 aromatic carbocycles. The first-order chi connectivity index (χ1) is 15.1. The van der Waals surface area contributed by atoms with Gasteiger partial charge in [0.05, 0.1) is 30.0 Å². The summed E-state index contributed by atoms with van der Waals surface area (Å²) in [6.07, 6.45) is 10.4. The van der Waals surface area contributed by atoms with Gasteiger partial charge in [0, 0.05) is 12.1 Å². The smallest absolute Gasteiger partial charge is 0.269 e. The van der Waals surface area contributed by atoms with E-state index in [4.69, 9.17) is 9.47 Å². The maximum Gasteiger partial charge on any atom is 0.269 e. The van der Waals surface area contributed by atoms with Crippen LogP contribution in [0.5, 0.6) is 11.5 Å². The molecule has 0 spiro atoms. The van der Waals surface area contributed by atoms with Gasteiger partial charge in [0.1, 0.15) is 0 Å². The van der Waals surface area contributed by atoms with E-state index >= 15 is 0 Å². The van der Waals surface area contributed by atoms with Crippen molar-refractivity contribution in [2.45, 2.75) is 58.8 Å². The molecule has 0 fully saturated rings. The molecular weight excluding hydrogens is 394 g/mol. The lowest BCUT2D eigenvalue weighted by molar-refractivity contribution is -0.384. The van der Waals surface area contributed by atoms with Gasteiger partial charge in [0.25, 0.3) is 5.69 Å². The van der Waals surface area contributed by atoms with Crippen molar-refractivity contribution >= 4 is 17.6 Å². The van der Waals surface area contributed by atoms with Crippen molar-refractivity contribution in [3.05, 3.63) is 58.1 Å². The van der Waals surface area contributed by atoms with Gasteiger partial charge in [0.2, 0.25) is 0 Å². The molecule has 0 aliphatic carbocycles. The third-order valence-electron chi connectivity index (χ3n) is 4.76. The summed E-state index contributed by atoms with van der Waals surface area (Å²) in [5.41, 5.74) is 4.44. The Morgan fingerprint density at radius 2 is 1.65 bits per heavy atom. The summed E-state index contributed by atoms with van der Waals surface area (Å²) >= 11 is 0. The van der Waals surface area contributed by atoms with E-state index < -0.39 is 4.92 Å². The zero-order valence-electron chi connectivity index (χ0n) is 18.5. The molecule has 31 heavy (non-hydrogen) atoms. The van der Waals surface area contributed by atoms with E-state index in [0.717, 1.165) is 17.7 Å². The van der Waals surface area contributed by atoms with Crippen LogP contribution in [0, 0.1) is 10.1 Å². The molecule has 2 aromatic rings. The highest BCUT2D eigenvalue weighted by molar-refractivity contribution is 5.81. The summed E-state index contributed by atoms with van der Waals surface area (Å²) in [6.45, 7) is 5.41. The number of hydrazone groups is 1. The number of ether oxygens (including phenoxy) is 2. The largest absolute Gasteiger partial charge is 0.490 e. The van der Waals surface area contributed by atoms with Gasteiger partial charge in [-0.05, 0) is 49.2 Å². The van der Waals surface area contributed by atoms with Crippen molar-refractivity contribution in [1.82, 2.24) is 0 Å². The highest BCUT2D eigenvalue weighted by atomic mass is 16.6. The van der Waals surface area contributed by atoms with E-state index in [9.17, 15) is 10.1 Å². The first-order valence-electron chi connectivity index (χ1n) is 11.1. The van der Waals surface area contributed by atoms with Crippen molar-refractivity contribution in [2.75, 3.05) is 18.6 Å². The van der Waals surface area contributed by atoms with Crippen LogP contribution in [0.1, 0.15) is 64.4 Å². The fraction of sp³-hybridized carbons (Fsp3) is 0.458. The van der Waals surface area contributed by atoms with Gasteiger partial charge in [-0.15, -0.1) is 0 Å². The molecular formula is C24H33N3O4. The van der Waals surface area contributed by atoms with Crippen LogP contribution < -0.4 is 14.9 Å². The van der Waals surface area contributed by atoms with Gasteiger partial charge >= 0.3 is 0 Å². The summed E-state index contributed by atoms with van der Waals surface area (Å²) in [5.74, 6) is 1.44. The SMILES string of the molecule is CCCCCCCCCOc1ccc(/C=N/Nc2ccc([N+](=O)[O-])cc2)cc1OCC. The second-order valence-corrected chi connectivity index (χ2v) is 7.28. The van der Waals surface area contributed by atoms with Gasteiger partial charge < -0.3 is 9.47 Å². The van der Waals surface area contributed by atoms with E-state index in [1.807, 2.05) is 25.1 Å². The number of non-ortho nitro benzene ring substituents is 1. The van der Waals surface area contributed by atoms with E-state index in [1.54, 1.807) is 18.3 Å². The fourth-order valence-electron chi connectivity index (χ4n) is 3.07. The Morgan fingerprint density at radius 1 is 0.935 bits per heavy atom. The molecule has 0 radical (unpaired) electrons. The molecule has 0 amide bonds. The van der Waals surface area contributed by atoms with Gasteiger partial charge in [0.15, 0.2) is 11.5 Å². The Labute approximate surface area is 184 Å². The Morgan fingerprint density at radius 3 is 2.32 bits per heavy atom. The number of anilines is 1. The molecule has 0 aliphatic rings. The third kappa shape index (κ3) is 9.07. The Bertz CT molecular complexity index is 822. The lowest BCUT2D eigenvalue weighted by Crippen LogP contribution is -2.02. The first-order valence-corrected chi connectivity index (χ1v) is 11.1. The number of nitro groups is 1. The molecule has 1 N–H and O–H groups in total. The van der Waals surface area contributed by atoms with Crippen molar-refractivity contribution in [1.29, 1.82) is 0 Å². The van der Waals surface area contributed by atoms with Gasteiger partial charge in [-0.2, -0.15) is 5.10 Å². The fourth-order valence-corrected chi connectivity index (χ4v) is 3.07. The van der Waals surface area contributed by atoms with Crippen molar-refractivity contribution in [2.24, 2.45) is 5.10 Å². The number of hydrogen-bond donors (Lipinski definition) is 1. The third-order valence-corrected chi connectivity index (χ3v) is 4.76. The minimum atomic E-state index is -0.431. The topological polar surface area (TPSA) is 86.0 Å². The Kier molecular flexibility index (Phi) is 10.9. The highest BCUT2D eigenvalue weighted by Gasteiger charge is 2.06. The molecule has 0 aliphatic heterocycles. The van der Waals surface area contributed by atoms with Crippen LogP contribution in [0.3, 0.4) is 0 Å². The summed E-state index contributed by atoms with van der Waals surface area (Å²) in [7, 11) is 0. The number of benzene rings is 2. The Hall–Kier alpha value is -3.09. The number of nitrogens with zero attached hydrogens (tertiary/aromatic N) is 2. The van der Waals surface area contributed by atoms with E-state index in [2.05, 4.69) is 17.5 Å². The molecule has 0 atom stereocenters. The predicted octanol–water partition coefficient (Wildman–Crippen LogP) is 6.57. The maximum atomic E-state index is 10.7. The number of unbranched alkanes of at least 4 members (excludes halogenated alkanes) is 6. The molecule has 7 nitrogen and oxygen atoms in total. The standard InChI is InChI=1S/C24H33N3O4/c1-3-5-6-7-8-9-10-17-31-23-16-11-20(18-24(23)30-4-2)19-25-26-21-12-14-22(15-13-21)27(28)29/h11-16,18-19,26H,3-10,17H2,1-2H3/b25-19+. The Balaban J connectivity index is 1.84. The summed E-state index contributed by atoms with van der Waals surface area (Å²) in [5, 5.41) is 14.9. The second-order valence-electron chi connectivity index (χ2n) is 7.28. The molecule has 7 heteroatoms. The van der Waals surface area contributed by atoms with E-state index in [1.165, 1.54) is 50.7 Å². The van der Waals surface area contributed by atoms with Crippen LogP contribution in [0.2, 0.25) is 0 Å². The monoisotopic (exact) mass is 427 g/mol. The summed E-state index contributed by atoms with van der Waals surface area (Å²) in [4.78, 5) is 10.3. The quantitative estimate of drug-likeness (QED) is 0.150. The maximum absolute atomic E-state index is 10.7. The van der Waals surface area contributed by atoms with Crippen LogP contribution in [0.15, 0.2) is 47.6 Å². The average molecular weight is 428 g/mol. The molecule has 0 saturated carbocycles. The minimum Gasteiger partial charge on any atom is -0.490 e. The molecule has 168 valence electrons. The summed E-state index contributed by atoms with van der Waals surface area (Å²) < 4.78 is 11.7. The molecule has 2 rings (SSSR count). The van der Waals surface area contributed by atoms with Crippen LogP contribution in [-0.2, 0) is 0 Å². The number of nitro benzene ring substituents is 1. The van der Waals surface area contributed by atoms with Crippen molar-refractivity contribution in [3.63, 3.8) is 0 Å². The van der Waals surface area contributed by atoms with Gasteiger partial charge in [-0.1, -0.05) is 45.4 Å². The zero-order valence-corrected chi connectivity index (χ0v) is 18.5. The molecule has 0 aromatic heterocycles. The number of rotatable bonds is 15. The van der Waals surface area contributed by atoms with Crippen molar-refractivity contribution in [3.8, 4) is 11.5 Å². The minimum absolute atomic E-state index is 0.0444. The van der Waals surface area contributed by atoms with Gasteiger partial charge in [-0.25, -0.2) is 0 Å². The van der Waals surface area contributed by atoms with Gasteiger partial charge in [-0.3, -0.25) is 15.5 Å². The zero-order chi connectivity index (χ0) is 22.3. The normalized spacial score (nSPS) is 10.9. The average Bonchev–Trinajstić information content (AvgIpc) is 2.77. The number of nitrogens with one attached hydrogen (secondary N) is 1. The van der Waals surface area contributed by atoms with Crippen LogP contribution >= 0.6 is 0 Å². The second kappa shape index (κ2) is 14.0. The highest BCUT2D eigenvalue weighted by Crippen LogP contribution is 2.28. The molecule has 0 bridgehead atoms.